The molecule has 0 spiro atoms. The van der Waals surface area contributed by atoms with Crippen molar-refractivity contribution < 1.29 is 17.9 Å². The number of aryl methyl sites for hydroxylation is 1. The molecule has 8 heteroatoms. The first-order chi connectivity index (χ1) is 15.8. The van der Waals surface area contributed by atoms with E-state index in [1.807, 2.05) is 32.0 Å². The average Bonchev–Trinajstić information content (AvgIpc) is 2.81. The van der Waals surface area contributed by atoms with Gasteiger partial charge in [0.2, 0.25) is 5.91 Å². The zero-order valence-electron chi connectivity index (χ0n) is 18.8. The van der Waals surface area contributed by atoms with E-state index in [0.29, 0.717) is 17.1 Å². The van der Waals surface area contributed by atoms with Crippen molar-refractivity contribution in [2.75, 3.05) is 18.0 Å². The number of hydrogen-bond acceptors (Lipinski definition) is 4. The summed E-state index contributed by atoms with van der Waals surface area (Å²) >= 11 is 5.92. The number of para-hydroxylation sites is 1. The normalized spacial score (nSPS) is 12.1. The fraction of sp³-hybridized carbons (Fsp3) is 0.240. The summed E-state index contributed by atoms with van der Waals surface area (Å²) in [4.78, 5) is 13.1. The van der Waals surface area contributed by atoms with Gasteiger partial charge >= 0.3 is 0 Å². The number of carbonyl (C=O) groups excluding carboxylic acids is 1. The first-order valence-corrected chi connectivity index (χ1v) is 12.3. The van der Waals surface area contributed by atoms with Gasteiger partial charge in [-0.15, -0.1) is 0 Å². The van der Waals surface area contributed by atoms with E-state index in [2.05, 4.69) is 5.32 Å². The van der Waals surface area contributed by atoms with Crippen molar-refractivity contribution in [2.24, 2.45) is 0 Å². The summed E-state index contributed by atoms with van der Waals surface area (Å²) in [6.45, 7) is 3.54. The molecule has 0 aromatic heterocycles. The Balaban J connectivity index is 1.87. The Morgan fingerprint density at radius 3 is 2.30 bits per heavy atom. The molecule has 1 amide bonds. The van der Waals surface area contributed by atoms with Gasteiger partial charge in [-0.05, 0) is 66.9 Å². The molecule has 0 aliphatic carbocycles. The lowest BCUT2D eigenvalue weighted by Gasteiger charge is -2.26. The van der Waals surface area contributed by atoms with Crippen LogP contribution in [0.3, 0.4) is 0 Å². The first-order valence-electron chi connectivity index (χ1n) is 10.5. The Bertz CT molecular complexity index is 1200. The van der Waals surface area contributed by atoms with Gasteiger partial charge in [0, 0.05) is 5.02 Å². The predicted octanol–water partition coefficient (Wildman–Crippen LogP) is 5.12. The summed E-state index contributed by atoms with van der Waals surface area (Å²) < 4.78 is 33.2. The second-order valence-corrected chi connectivity index (χ2v) is 9.86. The summed E-state index contributed by atoms with van der Waals surface area (Å²) in [6.07, 6.45) is 0.646. The molecule has 1 atom stereocenters. The highest BCUT2D eigenvalue weighted by Gasteiger charge is 2.28. The minimum atomic E-state index is -3.99. The van der Waals surface area contributed by atoms with Crippen LogP contribution < -0.4 is 14.4 Å². The van der Waals surface area contributed by atoms with E-state index in [-0.39, 0.29) is 17.5 Å². The molecule has 0 radical (unpaired) electrons. The number of anilines is 1. The Morgan fingerprint density at radius 2 is 1.73 bits per heavy atom. The third-order valence-corrected chi connectivity index (χ3v) is 7.34. The Kier molecular flexibility index (Phi) is 8.00. The highest BCUT2D eigenvalue weighted by Crippen LogP contribution is 2.26. The van der Waals surface area contributed by atoms with Crippen LogP contribution in [0.25, 0.3) is 0 Å². The molecule has 0 aliphatic rings. The van der Waals surface area contributed by atoms with Crippen molar-refractivity contribution >= 4 is 33.2 Å². The van der Waals surface area contributed by atoms with Crippen LogP contribution in [-0.2, 0) is 14.8 Å². The van der Waals surface area contributed by atoms with Crippen molar-refractivity contribution in [3.05, 3.63) is 88.9 Å². The lowest BCUT2D eigenvalue weighted by Crippen LogP contribution is -2.42. The predicted molar refractivity (Wildman–Crippen MR) is 131 cm³/mol. The summed E-state index contributed by atoms with van der Waals surface area (Å²) in [6, 6.07) is 19.9. The maximum absolute atomic E-state index is 13.4. The van der Waals surface area contributed by atoms with Crippen LogP contribution in [0.5, 0.6) is 5.75 Å². The lowest BCUT2D eigenvalue weighted by atomic mass is 10.0. The van der Waals surface area contributed by atoms with E-state index < -0.39 is 15.9 Å². The van der Waals surface area contributed by atoms with Crippen molar-refractivity contribution in [1.82, 2.24) is 5.32 Å². The molecule has 0 fully saturated rings. The topological polar surface area (TPSA) is 75.7 Å². The number of benzene rings is 3. The number of methoxy groups -OCH3 is 1. The molecule has 174 valence electrons. The average molecular weight is 487 g/mol. The van der Waals surface area contributed by atoms with Gasteiger partial charge in [-0.3, -0.25) is 9.10 Å². The van der Waals surface area contributed by atoms with Crippen molar-refractivity contribution in [3.63, 3.8) is 0 Å². The van der Waals surface area contributed by atoms with Crippen LogP contribution >= 0.6 is 11.6 Å². The number of nitrogens with zero attached hydrogens (tertiary/aromatic N) is 1. The molecule has 3 aromatic carbocycles. The quantitative estimate of drug-likeness (QED) is 0.455. The lowest BCUT2D eigenvalue weighted by molar-refractivity contribution is -0.120. The van der Waals surface area contributed by atoms with Crippen molar-refractivity contribution in [2.45, 2.75) is 31.2 Å². The van der Waals surface area contributed by atoms with Gasteiger partial charge in [0.05, 0.1) is 23.7 Å². The van der Waals surface area contributed by atoms with Crippen LogP contribution in [0.4, 0.5) is 5.69 Å². The second-order valence-electron chi connectivity index (χ2n) is 7.56. The molecular formula is C25H27ClN2O4S. The molecule has 6 nitrogen and oxygen atoms in total. The molecule has 0 aliphatic heterocycles. The summed E-state index contributed by atoms with van der Waals surface area (Å²) in [5, 5.41) is 3.40. The molecule has 0 saturated carbocycles. The van der Waals surface area contributed by atoms with Gasteiger partial charge in [-0.1, -0.05) is 48.9 Å². The third kappa shape index (κ3) is 5.86. The zero-order chi connectivity index (χ0) is 24.0. The molecule has 0 saturated heterocycles. The number of hydrogen-bond donors (Lipinski definition) is 1. The highest BCUT2D eigenvalue weighted by atomic mass is 35.5. The first kappa shape index (κ1) is 24.6. The van der Waals surface area contributed by atoms with Gasteiger partial charge in [0.25, 0.3) is 10.0 Å². The van der Waals surface area contributed by atoms with E-state index in [1.165, 1.54) is 24.3 Å². The van der Waals surface area contributed by atoms with Gasteiger partial charge in [-0.2, -0.15) is 0 Å². The van der Waals surface area contributed by atoms with Crippen LogP contribution in [0.2, 0.25) is 5.02 Å². The highest BCUT2D eigenvalue weighted by molar-refractivity contribution is 7.92. The van der Waals surface area contributed by atoms with E-state index in [1.54, 1.807) is 37.4 Å². The molecule has 33 heavy (non-hydrogen) atoms. The molecule has 3 rings (SSSR count). The minimum Gasteiger partial charge on any atom is -0.496 e. The number of rotatable bonds is 9. The second kappa shape index (κ2) is 10.7. The van der Waals surface area contributed by atoms with Gasteiger partial charge in [-0.25, -0.2) is 8.42 Å². The molecule has 0 unspecified atom stereocenters. The monoisotopic (exact) mass is 486 g/mol. The van der Waals surface area contributed by atoms with Gasteiger partial charge < -0.3 is 10.1 Å². The van der Waals surface area contributed by atoms with E-state index >= 15 is 0 Å². The summed E-state index contributed by atoms with van der Waals surface area (Å²) in [5.41, 5.74) is 2.28. The van der Waals surface area contributed by atoms with E-state index in [4.69, 9.17) is 16.3 Å². The molecule has 0 heterocycles. The van der Waals surface area contributed by atoms with Gasteiger partial charge in [0.15, 0.2) is 0 Å². The van der Waals surface area contributed by atoms with E-state index in [0.717, 1.165) is 21.2 Å². The van der Waals surface area contributed by atoms with E-state index in [9.17, 15) is 13.2 Å². The Labute approximate surface area is 200 Å². The van der Waals surface area contributed by atoms with Crippen LogP contribution in [-0.4, -0.2) is 28.0 Å². The van der Waals surface area contributed by atoms with Crippen LogP contribution in [0.1, 0.15) is 30.5 Å². The number of carbonyl (C=O) groups is 1. The largest absolute Gasteiger partial charge is 0.496 e. The number of ether oxygens (including phenoxy) is 1. The third-order valence-electron chi connectivity index (χ3n) is 5.30. The van der Waals surface area contributed by atoms with Crippen molar-refractivity contribution in [1.29, 1.82) is 0 Å². The maximum Gasteiger partial charge on any atom is 0.264 e. The van der Waals surface area contributed by atoms with Crippen LogP contribution in [0, 0.1) is 6.92 Å². The van der Waals surface area contributed by atoms with Crippen LogP contribution in [0.15, 0.2) is 77.7 Å². The minimum absolute atomic E-state index is 0.0568. The Morgan fingerprint density at radius 1 is 1.06 bits per heavy atom. The number of sulfonamides is 1. The number of halogens is 1. The summed E-state index contributed by atoms with van der Waals surface area (Å²) in [7, 11) is -2.38. The zero-order valence-corrected chi connectivity index (χ0v) is 20.4. The molecular weight excluding hydrogens is 460 g/mol. The smallest absolute Gasteiger partial charge is 0.264 e. The fourth-order valence-electron chi connectivity index (χ4n) is 3.55. The standard InChI is InChI=1S/C25H27ClN2O4S/c1-4-23(19-10-15-24(32-3)18(2)16-19)27-25(29)17-28(21-8-6-5-7-9-21)33(30,31)22-13-11-20(26)12-14-22/h5-16,23H,4,17H2,1-3H3,(H,27,29)/t23-/m0/s1. The fourth-order valence-corrected chi connectivity index (χ4v) is 5.10. The number of amides is 1. The number of nitrogens with one attached hydrogen (secondary N) is 1. The molecule has 3 aromatic rings. The summed E-state index contributed by atoms with van der Waals surface area (Å²) in [5.74, 6) is 0.362. The molecule has 1 N–H and O–H groups in total. The maximum atomic E-state index is 13.4. The molecule has 0 bridgehead atoms. The SMILES string of the molecule is CC[C@H](NC(=O)CN(c1ccccc1)S(=O)(=O)c1ccc(Cl)cc1)c1ccc(OC)c(C)c1. The van der Waals surface area contributed by atoms with Crippen molar-refractivity contribution in [3.8, 4) is 5.75 Å². The Hall–Kier alpha value is -3.03. The van der Waals surface area contributed by atoms with Gasteiger partial charge in [0.1, 0.15) is 12.3 Å².